The molecule has 1 aromatic carbocycles. The van der Waals surface area contributed by atoms with Crippen LogP contribution in [-0.2, 0) is 17.9 Å². The van der Waals surface area contributed by atoms with E-state index in [0.29, 0.717) is 6.54 Å². The number of rotatable bonds is 6. The van der Waals surface area contributed by atoms with Gasteiger partial charge in [0.15, 0.2) is 5.69 Å². The number of carbonyl (C=O) groups is 2. The molecule has 1 amide bonds. The summed E-state index contributed by atoms with van der Waals surface area (Å²) in [6, 6.07) is 8.09. The smallest absolute Gasteiger partial charge is 0.358 e. The van der Waals surface area contributed by atoms with Gasteiger partial charge >= 0.3 is 5.97 Å². The average molecular weight is 379 g/mol. The molecule has 1 N–H and O–H groups in total. The van der Waals surface area contributed by atoms with Gasteiger partial charge in [-0.1, -0.05) is 33.3 Å². The van der Waals surface area contributed by atoms with Gasteiger partial charge in [-0.15, -0.1) is 5.10 Å². The molecule has 3 rings (SSSR count). The molecule has 0 radical (unpaired) electrons. The summed E-state index contributed by atoms with van der Waals surface area (Å²) in [5, 5.41) is 16.1. The van der Waals surface area contributed by atoms with E-state index in [1.165, 1.54) is 10.9 Å². The Hall–Kier alpha value is -2.22. The Balaban J connectivity index is 1.70. The molecule has 1 saturated carbocycles. The number of carbonyl (C=O) groups excluding carboxylic acids is 1. The lowest BCUT2D eigenvalue weighted by molar-refractivity contribution is -0.133. The molecule has 1 aliphatic carbocycles. The summed E-state index contributed by atoms with van der Waals surface area (Å²) in [5.41, 5.74) is 0.882. The monoisotopic (exact) mass is 378 g/mol. The number of carboxylic acid groups (broad SMARTS) is 1. The van der Waals surface area contributed by atoms with Crippen LogP contribution in [0.25, 0.3) is 0 Å². The first-order chi connectivity index (χ1) is 11.0. The second-order valence-corrected chi connectivity index (χ2v) is 6.40. The number of aromatic nitrogens is 3. The molecule has 0 atom stereocenters. The Bertz CT molecular complexity index is 742. The molecule has 8 heteroatoms. The zero-order chi connectivity index (χ0) is 16.4. The van der Waals surface area contributed by atoms with Crippen LogP contribution in [-0.4, -0.2) is 42.9 Å². The first kappa shape index (κ1) is 15.7. The molecular formula is C15H15BrN4O3. The number of nitrogens with zero attached hydrogens (tertiary/aromatic N) is 4. The first-order valence-corrected chi connectivity index (χ1v) is 7.99. The third-order valence-electron chi connectivity index (χ3n) is 3.60. The average Bonchev–Trinajstić information content (AvgIpc) is 3.23. The lowest BCUT2D eigenvalue weighted by Crippen LogP contribution is -2.35. The van der Waals surface area contributed by atoms with Gasteiger partial charge in [-0.05, 0) is 30.5 Å². The molecule has 0 unspecified atom stereocenters. The van der Waals surface area contributed by atoms with Crippen LogP contribution in [0.4, 0.5) is 0 Å². The van der Waals surface area contributed by atoms with Crippen molar-refractivity contribution in [3.05, 3.63) is 46.2 Å². The fourth-order valence-electron chi connectivity index (χ4n) is 2.34. The largest absolute Gasteiger partial charge is 0.476 e. The summed E-state index contributed by atoms with van der Waals surface area (Å²) in [7, 11) is 0. The van der Waals surface area contributed by atoms with Crippen LogP contribution >= 0.6 is 15.9 Å². The minimum atomic E-state index is -1.16. The standard InChI is InChI=1S/C15H15BrN4O3/c16-11-3-1-2-10(6-11)7-20(12-4-5-12)14(21)9-19-8-13(15(22)23)17-18-19/h1-3,6,8,12H,4-5,7,9H2,(H,22,23). The molecule has 2 aromatic rings. The maximum atomic E-state index is 12.5. The normalized spacial score (nSPS) is 13.8. The van der Waals surface area contributed by atoms with Crippen molar-refractivity contribution in [1.29, 1.82) is 0 Å². The quantitative estimate of drug-likeness (QED) is 0.829. The van der Waals surface area contributed by atoms with E-state index >= 15 is 0 Å². The third kappa shape index (κ3) is 3.95. The van der Waals surface area contributed by atoms with Crippen LogP contribution in [0.1, 0.15) is 28.9 Å². The lowest BCUT2D eigenvalue weighted by Gasteiger charge is -2.22. The number of benzene rings is 1. The molecule has 0 saturated heterocycles. The third-order valence-corrected chi connectivity index (χ3v) is 4.10. The molecule has 0 bridgehead atoms. The summed E-state index contributed by atoms with van der Waals surface area (Å²) in [6.07, 6.45) is 3.26. The highest BCUT2D eigenvalue weighted by atomic mass is 79.9. The van der Waals surface area contributed by atoms with E-state index in [-0.39, 0.29) is 24.2 Å². The summed E-state index contributed by atoms with van der Waals surface area (Å²) in [5.74, 6) is -1.24. The van der Waals surface area contributed by atoms with E-state index in [4.69, 9.17) is 5.11 Å². The molecular weight excluding hydrogens is 364 g/mol. The molecule has 1 heterocycles. The van der Waals surface area contributed by atoms with Crippen molar-refractivity contribution in [1.82, 2.24) is 19.9 Å². The van der Waals surface area contributed by atoms with Crippen molar-refractivity contribution in [3.63, 3.8) is 0 Å². The minimum absolute atomic E-state index is 0.00914. The van der Waals surface area contributed by atoms with Crippen LogP contribution in [0.2, 0.25) is 0 Å². The van der Waals surface area contributed by atoms with Crippen molar-refractivity contribution in [2.24, 2.45) is 0 Å². The van der Waals surface area contributed by atoms with E-state index in [2.05, 4.69) is 26.2 Å². The molecule has 7 nitrogen and oxygen atoms in total. The Morgan fingerprint density at radius 3 is 2.78 bits per heavy atom. The maximum absolute atomic E-state index is 12.5. The highest BCUT2D eigenvalue weighted by molar-refractivity contribution is 9.10. The maximum Gasteiger partial charge on any atom is 0.358 e. The van der Waals surface area contributed by atoms with E-state index in [9.17, 15) is 9.59 Å². The SMILES string of the molecule is O=C(O)c1cn(CC(=O)N(Cc2cccc(Br)c2)C2CC2)nn1. The van der Waals surface area contributed by atoms with Gasteiger partial charge < -0.3 is 10.0 Å². The second-order valence-electron chi connectivity index (χ2n) is 5.49. The fourth-order valence-corrected chi connectivity index (χ4v) is 2.79. The van der Waals surface area contributed by atoms with Crippen molar-refractivity contribution in [3.8, 4) is 0 Å². The summed E-state index contributed by atoms with van der Waals surface area (Å²) < 4.78 is 2.24. The number of hydrogen-bond acceptors (Lipinski definition) is 4. The lowest BCUT2D eigenvalue weighted by atomic mass is 10.2. The molecule has 1 aliphatic rings. The van der Waals surface area contributed by atoms with Crippen molar-refractivity contribution in [2.45, 2.75) is 32.0 Å². The van der Waals surface area contributed by atoms with Gasteiger partial charge in [-0.2, -0.15) is 0 Å². The van der Waals surface area contributed by atoms with E-state index < -0.39 is 5.97 Å². The summed E-state index contributed by atoms with van der Waals surface area (Å²) in [6.45, 7) is 0.522. The Labute approximate surface area is 141 Å². The molecule has 0 aliphatic heterocycles. The predicted molar refractivity (Wildman–Crippen MR) is 84.7 cm³/mol. The van der Waals surface area contributed by atoms with Gasteiger partial charge in [0.1, 0.15) is 6.54 Å². The highest BCUT2D eigenvalue weighted by Crippen LogP contribution is 2.29. The van der Waals surface area contributed by atoms with Gasteiger partial charge in [0, 0.05) is 17.1 Å². The molecule has 23 heavy (non-hydrogen) atoms. The summed E-state index contributed by atoms with van der Waals surface area (Å²) in [4.78, 5) is 25.2. The van der Waals surface area contributed by atoms with Gasteiger partial charge in [0.2, 0.25) is 5.91 Å². The first-order valence-electron chi connectivity index (χ1n) is 7.20. The van der Waals surface area contributed by atoms with Crippen LogP contribution in [0, 0.1) is 0 Å². The van der Waals surface area contributed by atoms with E-state index in [1.807, 2.05) is 29.2 Å². The predicted octanol–water partition coefficient (Wildman–Crippen LogP) is 1.93. The van der Waals surface area contributed by atoms with Crippen LogP contribution in [0.3, 0.4) is 0 Å². The zero-order valence-corrected chi connectivity index (χ0v) is 13.8. The molecule has 1 aromatic heterocycles. The van der Waals surface area contributed by atoms with Crippen LogP contribution < -0.4 is 0 Å². The molecule has 1 fully saturated rings. The van der Waals surface area contributed by atoms with Crippen molar-refractivity contribution in [2.75, 3.05) is 0 Å². The van der Waals surface area contributed by atoms with Crippen molar-refractivity contribution >= 4 is 27.8 Å². The Kier molecular flexibility index (Phi) is 4.42. The van der Waals surface area contributed by atoms with Gasteiger partial charge in [-0.25, -0.2) is 9.48 Å². The second kappa shape index (κ2) is 6.49. The number of halogens is 1. The van der Waals surface area contributed by atoms with Crippen LogP contribution in [0.5, 0.6) is 0 Å². The number of aromatic carboxylic acids is 1. The topological polar surface area (TPSA) is 88.3 Å². The molecule has 0 spiro atoms. The Morgan fingerprint density at radius 2 is 2.17 bits per heavy atom. The Morgan fingerprint density at radius 1 is 1.39 bits per heavy atom. The zero-order valence-electron chi connectivity index (χ0n) is 12.2. The summed E-state index contributed by atoms with van der Waals surface area (Å²) >= 11 is 3.43. The van der Waals surface area contributed by atoms with Gasteiger partial charge in [0.05, 0.1) is 6.20 Å². The van der Waals surface area contributed by atoms with Gasteiger partial charge in [0.25, 0.3) is 0 Å². The van der Waals surface area contributed by atoms with Gasteiger partial charge in [-0.3, -0.25) is 4.79 Å². The van der Waals surface area contributed by atoms with E-state index in [0.717, 1.165) is 22.9 Å². The number of hydrogen-bond donors (Lipinski definition) is 1. The van der Waals surface area contributed by atoms with E-state index in [1.54, 1.807) is 0 Å². The minimum Gasteiger partial charge on any atom is -0.476 e. The number of carboxylic acids is 1. The van der Waals surface area contributed by atoms with Crippen molar-refractivity contribution < 1.29 is 14.7 Å². The van der Waals surface area contributed by atoms with Crippen LogP contribution in [0.15, 0.2) is 34.9 Å². The number of amides is 1. The highest BCUT2D eigenvalue weighted by Gasteiger charge is 2.32. The fraction of sp³-hybridized carbons (Fsp3) is 0.333. The molecule has 120 valence electrons.